The first-order valence-corrected chi connectivity index (χ1v) is 17.3. The van der Waals surface area contributed by atoms with Crippen LogP contribution in [0.1, 0.15) is 132 Å². The van der Waals surface area contributed by atoms with E-state index in [2.05, 4.69) is 48.1 Å². The lowest BCUT2D eigenvalue weighted by Gasteiger charge is -2.73. The van der Waals surface area contributed by atoms with Gasteiger partial charge in [0.1, 0.15) is 6.10 Å². The first-order chi connectivity index (χ1) is 19.3. The lowest BCUT2D eigenvalue weighted by atomic mass is 9.32. The van der Waals surface area contributed by atoms with Gasteiger partial charge < -0.3 is 14.2 Å². The fourth-order valence-electron chi connectivity index (χ4n) is 13.0. The molecule has 6 rings (SSSR count). The third-order valence-corrected chi connectivity index (χ3v) is 15.2. The molecule has 11 atom stereocenters. The molecule has 6 aliphatic rings. The third-order valence-electron chi connectivity index (χ3n) is 15.2. The second-order valence-corrected chi connectivity index (χ2v) is 17.1. The summed E-state index contributed by atoms with van der Waals surface area (Å²) >= 11 is 0. The van der Waals surface area contributed by atoms with Crippen LogP contribution in [0.2, 0.25) is 0 Å². The minimum absolute atomic E-state index is 0.00454. The molecule has 5 aliphatic carbocycles. The van der Waals surface area contributed by atoms with E-state index >= 15 is 0 Å². The number of rotatable bonds is 5. The van der Waals surface area contributed by atoms with Gasteiger partial charge in [-0.15, -0.1) is 0 Å². The average Bonchev–Trinajstić information content (AvgIpc) is 3.30. The van der Waals surface area contributed by atoms with Crippen LogP contribution in [0.15, 0.2) is 12.2 Å². The van der Waals surface area contributed by atoms with Gasteiger partial charge in [0, 0.05) is 18.9 Å². The van der Waals surface area contributed by atoms with Crippen LogP contribution in [-0.4, -0.2) is 31.6 Å². The van der Waals surface area contributed by atoms with Crippen molar-refractivity contribution in [3.63, 3.8) is 0 Å². The van der Waals surface area contributed by atoms with Crippen LogP contribution in [0.3, 0.4) is 0 Å². The molecule has 0 radical (unpaired) electrons. The molecule has 5 unspecified atom stereocenters. The van der Waals surface area contributed by atoms with Gasteiger partial charge in [-0.25, -0.2) is 0 Å². The summed E-state index contributed by atoms with van der Waals surface area (Å²) in [6.07, 6.45) is 16.2. The Morgan fingerprint density at radius 2 is 1.61 bits per heavy atom. The molecule has 6 fully saturated rings. The number of hydrogen-bond acceptors (Lipinski definition) is 4. The number of ether oxygens (including phenoxy) is 3. The second kappa shape index (κ2) is 10.4. The van der Waals surface area contributed by atoms with Crippen molar-refractivity contribution >= 4 is 5.97 Å². The number of hydrogen-bond donors (Lipinski definition) is 0. The molecule has 0 aromatic carbocycles. The Labute approximate surface area is 251 Å². The van der Waals surface area contributed by atoms with E-state index in [1.165, 1.54) is 76.2 Å². The highest BCUT2D eigenvalue weighted by Gasteiger charge is 2.71. The van der Waals surface area contributed by atoms with Gasteiger partial charge in [-0.2, -0.15) is 0 Å². The summed E-state index contributed by atoms with van der Waals surface area (Å²) in [4.78, 5) is 12.0. The van der Waals surface area contributed by atoms with Crippen molar-refractivity contribution in [1.82, 2.24) is 0 Å². The molecule has 41 heavy (non-hydrogen) atoms. The van der Waals surface area contributed by atoms with Crippen LogP contribution in [-0.2, 0) is 19.0 Å². The van der Waals surface area contributed by atoms with Gasteiger partial charge in [0.15, 0.2) is 6.29 Å². The summed E-state index contributed by atoms with van der Waals surface area (Å²) in [6.45, 7) is 23.1. The summed E-state index contributed by atoms with van der Waals surface area (Å²) in [7, 11) is 0. The Balaban J connectivity index is 1.30. The van der Waals surface area contributed by atoms with E-state index in [0.29, 0.717) is 34.0 Å². The monoisotopic (exact) mass is 568 g/mol. The Hall–Kier alpha value is -0.870. The average molecular weight is 569 g/mol. The molecule has 0 spiro atoms. The topological polar surface area (TPSA) is 44.8 Å². The van der Waals surface area contributed by atoms with E-state index in [-0.39, 0.29) is 29.2 Å². The normalized spacial score (nSPS) is 50.6. The van der Waals surface area contributed by atoms with Crippen LogP contribution >= 0.6 is 0 Å². The summed E-state index contributed by atoms with van der Waals surface area (Å²) in [5.41, 5.74) is 2.70. The Kier molecular flexibility index (Phi) is 7.62. The summed E-state index contributed by atoms with van der Waals surface area (Å²) in [5, 5.41) is 0. The van der Waals surface area contributed by atoms with Gasteiger partial charge in [0.25, 0.3) is 0 Å². The van der Waals surface area contributed by atoms with Crippen molar-refractivity contribution in [3.05, 3.63) is 12.2 Å². The van der Waals surface area contributed by atoms with Crippen molar-refractivity contribution in [2.45, 2.75) is 144 Å². The van der Waals surface area contributed by atoms with Crippen molar-refractivity contribution in [2.24, 2.45) is 56.7 Å². The number of allylic oxidation sites excluding steroid dienone is 1. The molecule has 1 aliphatic heterocycles. The summed E-state index contributed by atoms with van der Waals surface area (Å²) in [5.74, 6) is 3.27. The summed E-state index contributed by atoms with van der Waals surface area (Å²) < 4.78 is 18.7. The van der Waals surface area contributed by atoms with E-state index in [1.54, 1.807) is 6.92 Å². The predicted octanol–water partition coefficient (Wildman–Crippen LogP) is 9.12. The number of carbonyl (C=O) groups excluding carboxylic acids is 1. The van der Waals surface area contributed by atoms with E-state index < -0.39 is 0 Å². The van der Waals surface area contributed by atoms with Crippen LogP contribution < -0.4 is 0 Å². The summed E-state index contributed by atoms with van der Waals surface area (Å²) in [6, 6.07) is 0. The molecule has 1 saturated heterocycles. The highest BCUT2D eigenvalue weighted by atomic mass is 16.7. The van der Waals surface area contributed by atoms with Gasteiger partial charge in [0.05, 0.1) is 6.61 Å². The molecular weight excluding hydrogens is 508 g/mol. The molecule has 0 amide bonds. The molecule has 5 saturated carbocycles. The van der Waals surface area contributed by atoms with Gasteiger partial charge in [-0.1, -0.05) is 46.8 Å². The Morgan fingerprint density at radius 3 is 2.29 bits per heavy atom. The molecule has 232 valence electrons. The molecule has 0 aromatic heterocycles. The van der Waals surface area contributed by atoms with Gasteiger partial charge in [-0.3, -0.25) is 4.79 Å². The van der Waals surface area contributed by atoms with Gasteiger partial charge >= 0.3 is 5.97 Å². The van der Waals surface area contributed by atoms with Crippen molar-refractivity contribution in [1.29, 1.82) is 0 Å². The van der Waals surface area contributed by atoms with Crippen molar-refractivity contribution in [2.75, 3.05) is 13.2 Å². The zero-order chi connectivity index (χ0) is 29.4. The lowest BCUT2D eigenvalue weighted by molar-refractivity contribution is -0.257. The third kappa shape index (κ3) is 4.45. The maximum atomic E-state index is 12.0. The largest absolute Gasteiger partial charge is 0.462 e. The molecule has 4 nitrogen and oxygen atoms in total. The molecule has 0 aromatic rings. The van der Waals surface area contributed by atoms with E-state index in [1.807, 2.05) is 0 Å². The fraction of sp³-hybridized carbons (Fsp3) is 0.919. The molecule has 0 bridgehead atoms. The first-order valence-electron chi connectivity index (χ1n) is 17.3. The molecule has 0 N–H and O–H groups in total. The maximum absolute atomic E-state index is 12.0. The number of fused-ring (bicyclic) bond motifs is 7. The smallest absolute Gasteiger partial charge is 0.302 e. The van der Waals surface area contributed by atoms with Crippen LogP contribution in [0, 0.1) is 56.7 Å². The quantitative estimate of drug-likeness (QED) is 0.245. The lowest BCUT2D eigenvalue weighted by Crippen LogP contribution is -2.67. The number of carbonyl (C=O) groups is 1. The van der Waals surface area contributed by atoms with E-state index in [4.69, 9.17) is 14.2 Å². The second-order valence-electron chi connectivity index (χ2n) is 17.1. The minimum Gasteiger partial charge on any atom is -0.462 e. The van der Waals surface area contributed by atoms with Gasteiger partial charge in [0.2, 0.25) is 0 Å². The van der Waals surface area contributed by atoms with E-state index in [0.717, 1.165) is 37.9 Å². The molecule has 4 heteroatoms. The predicted molar refractivity (Wildman–Crippen MR) is 164 cm³/mol. The Bertz CT molecular complexity index is 1030. The first kappa shape index (κ1) is 30.2. The number of esters is 1. The highest BCUT2D eigenvalue weighted by Crippen LogP contribution is 2.77. The van der Waals surface area contributed by atoms with Crippen molar-refractivity contribution in [3.8, 4) is 0 Å². The van der Waals surface area contributed by atoms with Gasteiger partial charge in [-0.05, 0) is 142 Å². The van der Waals surface area contributed by atoms with Crippen molar-refractivity contribution < 1.29 is 19.0 Å². The standard InChI is InChI=1S/C37H60O4/c1-24(2)26-14-19-37(23-40-31-11-9-10-22-39-31)21-20-35(7)27(32(26)37)12-13-29-34(6)17-16-30(41-25(3)38)33(4,5)28(34)15-18-36(29,35)8/h26-32H,1,9-23H2,2-8H3/t26-,27?,28?,29?,30-,31?,32?,34-,35+,36+,37+/m0/s1. The van der Waals surface area contributed by atoms with Crippen LogP contribution in [0.4, 0.5) is 0 Å². The zero-order valence-corrected chi connectivity index (χ0v) is 27.5. The Morgan fingerprint density at radius 1 is 0.829 bits per heavy atom. The zero-order valence-electron chi connectivity index (χ0n) is 27.5. The SMILES string of the molecule is C=C(C)[C@@H]1CC[C@]2(COC3CCCCO3)CC[C@]3(C)C(CCC4[C@@]5(C)CC[C@H](OC(C)=O)C(C)(C)C5CC[C@]43C)C12. The molecule has 1 heterocycles. The maximum Gasteiger partial charge on any atom is 0.302 e. The minimum atomic E-state index is -0.117. The van der Waals surface area contributed by atoms with E-state index in [9.17, 15) is 4.79 Å². The highest BCUT2D eigenvalue weighted by molar-refractivity contribution is 5.66. The van der Waals surface area contributed by atoms with Crippen LogP contribution in [0.25, 0.3) is 0 Å². The van der Waals surface area contributed by atoms with Crippen LogP contribution in [0.5, 0.6) is 0 Å². The molecular formula is C37H60O4. The fourth-order valence-corrected chi connectivity index (χ4v) is 13.0.